The van der Waals surface area contributed by atoms with Crippen molar-refractivity contribution in [2.75, 3.05) is 32.1 Å². The van der Waals surface area contributed by atoms with Gasteiger partial charge in [0.05, 0.1) is 22.2 Å². The summed E-state index contributed by atoms with van der Waals surface area (Å²) in [5.41, 5.74) is 0.629. The van der Waals surface area contributed by atoms with Crippen LogP contribution in [-0.2, 0) is 14.8 Å². The maximum absolute atomic E-state index is 13.2. The molecule has 0 aliphatic rings. The van der Waals surface area contributed by atoms with E-state index in [-0.39, 0.29) is 17.4 Å². The van der Waals surface area contributed by atoms with Crippen molar-refractivity contribution in [3.8, 4) is 11.5 Å². The minimum absolute atomic E-state index is 0.175. The summed E-state index contributed by atoms with van der Waals surface area (Å²) in [6, 6.07) is 11.8. The van der Waals surface area contributed by atoms with Gasteiger partial charge in [0.1, 0.15) is 11.5 Å². The molecule has 0 atom stereocenters. The summed E-state index contributed by atoms with van der Waals surface area (Å²) in [4.78, 5) is 17.0. The van der Waals surface area contributed by atoms with Crippen molar-refractivity contribution >= 4 is 42.6 Å². The van der Waals surface area contributed by atoms with Crippen LogP contribution in [0.5, 0.6) is 11.5 Å². The summed E-state index contributed by atoms with van der Waals surface area (Å²) in [7, 11) is -2.02. The van der Waals surface area contributed by atoms with E-state index in [1.54, 1.807) is 53.9 Å². The highest BCUT2D eigenvalue weighted by Gasteiger charge is 2.24. The molecule has 1 N–H and O–H groups in total. The molecule has 10 heteroatoms. The molecular weight excluding hydrogens is 474 g/mol. The molecule has 0 aliphatic heterocycles. The molecule has 0 spiro atoms. The number of ether oxygens (including phenoxy) is 2. The Hall–Kier alpha value is -2.69. The Bertz CT molecular complexity index is 1190. The first kappa shape index (κ1) is 25.9. The second kappa shape index (κ2) is 12.1. The molecule has 8 nitrogen and oxygen atoms in total. The quantitative estimate of drug-likeness (QED) is 0.354. The summed E-state index contributed by atoms with van der Waals surface area (Å²) in [6.45, 7) is 4.94. The molecule has 3 rings (SSSR count). The van der Waals surface area contributed by atoms with Gasteiger partial charge in [-0.3, -0.25) is 10.1 Å². The van der Waals surface area contributed by atoms with Crippen LogP contribution < -0.4 is 14.8 Å². The zero-order chi connectivity index (χ0) is 24.6. The van der Waals surface area contributed by atoms with Gasteiger partial charge in [-0.1, -0.05) is 38.0 Å². The number of methoxy groups -OCH3 is 1. The van der Waals surface area contributed by atoms with E-state index in [9.17, 15) is 13.2 Å². The molecule has 34 heavy (non-hydrogen) atoms. The van der Waals surface area contributed by atoms with E-state index in [4.69, 9.17) is 9.47 Å². The van der Waals surface area contributed by atoms with Crippen LogP contribution in [0.15, 0.2) is 47.4 Å². The molecule has 0 fully saturated rings. The number of nitrogens with one attached hydrogen (secondary N) is 1. The van der Waals surface area contributed by atoms with Crippen molar-refractivity contribution < 1.29 is 22.7 Å². The molecule has 0 unspecified atom stereocenters. The SMILES string of the molecule is CCCCN(CCCC)S(=O)(=O)c1ccc2nc(NC(=O)COc3ccc(OC)cc3)sc2c1. The Balaban J connectivity index is 1.69. The molecule has 0 saturated carbocycles. The molecular formula is C24H31N3O5S2. The van der Waals surface area contributed by atoms with Gasteiger partial charge in [-0.05, 0) is 55.3 Å². The summed E-state index contributed by atoms with van der Waals surface area (Å²) >= 11 is 1.23. The predicted octanol–water partition coefficient (Wildman–Crippen LogP) is 4.91. The molecule has 0 bridgehead atoms. The van der Waals surface area contributed by atoms with E-state index in [1.807, 2.05) is 13.8 Å². The van der Waals surface area contributed by atoms with Gasteiger partial charge in [0, 0.05) is 13.1 Å². The topological polar surface area (TPSA) is 97.8 Å². The van der Waals surface area contributed by atoms with Gasteiger partial charge in [0.25, 0.3) is 5.91 Å². The van der Waals surface area contributed by atoms with Gasteiger partial charge in [-0.15, -0.1) is 0 Å². The zero-order valence-electron chi connectivity index (χ0n) is 19.7. The zero-order valence-corrected chi connectivity index (χ0v) is 21.4. The van der Waals surface area contributed by atoms with Crippen LogP contribution in [0.25, 0.3) is 10.2 Å². The van der Waals surface area contributed by atoms with Crippen LogP contribution in [0.1, 0.15) is 39.5 Å². The average Bonchev–Trinajstić information content (AvgIpc) is 3.24. The second-order valence-electron chi connectivity index (χ2n) is 7.77. The van der Waals surface area contributed by atoms with Crippen molar-refractivity contribution in [1.82, 2.24) is 9.29 Å². The lowest BCUT2D eigenvalue weighted by Crippen LogP contribution is -2.33. The molecule has 0 radical (unpaired) electrons. The number of amides is 1. The van der Waals surface area contributed by atoms with E-state index in [0.29, 0.717) is 39.9 Å². The molecule has 184 valence electrons. The number of hydrogen-bond acceptors (Lipinski definition) is 7. The van der Waals surface area contributed by atoms with Gasteiger partial charge in [-0.2, -0.15) is 4.31 Å². The fraction of sp³-hybridized carbons (Fsp3) is 0.417. The Kier molecular flexibility index (Phi) is 9.26. The Morgan fingerprint density at radius 2 is 1.68 bits per heavy atom. The van der Waals surface area contributed by atoms with Gasteiger partial charge in [0.15, 0.2) is 11.7 Å². The number of carbonyl (C=O) groups is 1. The number of carbonyl (C=O) groups excluding carboxylic acids is 1. The maximum atomic E-state index is 13.2. The van der Waals surface area contributed by atoms with Crippen LogP contribution in [0.4, 0.5) is 5.13 Å². The van der Waals surface area contributed by atoms with Gasteiger partial charge < -0.3 is 9.47 Å². The molecule has 1 amide bonds. The predicted molar refractivity (Wildman–Crippen MR) is 135 cm³/mol. The minimum Gasteiger partial charge on any atom is -0.497 e. The largest absolute Gasteiger partial charge is 0.497 e. The number of aromatic nitrogens is 1. The number of anilines is 1. The molecule has 0 saturated heterocycles. The van der Waals surface area contributed by atoms with Crippen molar-refractivity contribution in [3.05, 3.63) is 42.5 Å². The molecule has 0 aliphatic carbocycles. The Morgan fingerprint density at radius 1 is 1.03 bits per heavy atom. The van der Waals surface area contributed by atoms with Crippen molar-refractivity contribution in [3.63, 3.8) is 0 Å². The number of thiazole rings is 1. The van der Waals surface area contributed by atoms with E-state index >= 15 is 0 Å². The molecule has 3 aromatic rings. The number of sulfonamides is 1. The fourth-order valence-electron chi connectivity index (χ4n) is 3.27. The number of hydrogen-bond donors (Lipinski definition) is 1. The Labute approximate surface area is 205 Å². The first-order valence-electron chi connectivity index (χ1n) is 11.3. The third kappa shape index (κ3) is 6.68. The third-order valence-electron chi connectivity index (χ3n) is 5.20. The van der Waals surface area contributed by atoms with Gasteiger partial charge in [-0.25, -0.2) is 13.4 Å². The number of unbranched alkanes of at least 4 members (excludes halogenated alkanes) is 2. The summed E-state index contributed by atoms with van der Waals surface area (Å²) < 4.78 is 39.4. The number of nitrogens with zero attached hydrogens (tertiary/aromatic N) is 2. The van der Waals surface area contributed by atoms with Gasteiger partial charge >= 0.3 is 0 Å². The monoisotopic (exact) mass is 505 g/mol. The van der Waals surface area contributed by atoms with Crippen LogP contribution in [-0.4, -0.2) is 50.4 Å². The highest BCUT2D eigenvalue weighted by Crippen LogP contribution is 2.29. The van der Waals surface area contributed by atoms with Crippen LogP contribution in [0, 0.1) is 0 Å². The van der Waals surface area contributed by atoms with Crippen LogP contribution in [0.2, 0.25) is 0 Å². The normalized spacial score (nSPS) is 11.6. The van der Waals surface area contributed by atoms with Crippen LogP contribution in [0.3, 0.4) is 0 Å². The first-order valence-corrected chi connectivity index (χ1v) is 13.6. The minimum atomic E-state index is -3.60. The smallest absolute Gasteiger partial charge is 0.264 e. The Morgan fingerprint density at radius 3 is 2.29 bits per heavy atom. The highest BCUT2D eigenvalue weighted by molar-refractivity contribution is 7.89. The third-order valence-corrected chi connectivity index (χ3v) is 8.02. The number of benzene rings is 2. The summed E-state index contributed by atoms with van der Waals surface area (Å²) in [5.74, 6) is 0.894. The van der Waals surface area contributed by atoms with E-state index in [0.717, 1.165) is 25.7 Å². The average molecular weight is 506 g/mol. The van der Waals surface area contributed by atoms with Gasteiger partial charge in [0.2, 0.25) is 10.0 Å². The lowest BCUT2D eigenvalue weighted by molar-refractivity contribution is -0.118. The van der Waals surface area contributed by atoms with Crippen molar-refractivity contribution in [1.29, 1.82) is 0 Å². The van der Waals surface area contributed by atoms with Crippen molar-refractivity contribution in [2.45, 2.75) is 44.4 Å². The first-order chi connectivity index (χ1) is 16.4. The van der Waals surface area contributed by atoms with E-state index < -0.39 is 10.0 Å². The van der Waals surface area contributed by atoms with E-state index in [2.05, 4.69) is 10.3 Å². The summed E-state index contributed by atoms with van der Waals surface area (Å²) in [5, 5.41) is 3.11. The lowest BCUT2D eigenvalue weighted by atomic mass is 10.3. The molecule has 1 aromatic heterocycles. The number of fused-ring (bicyclic) bond motifs is 1. The maximum Gasteiger partial charge on any atom is 0.264 e. The molecule has 2 aromatic carbocycles. The van der Waals surface area contributed by atoms with Crippen molar-refractivity contribution in [2.24, 2.45) is 0 Å². The number of rotatable bonds is 13. The standard InChI is InChI=1S/C24H31N3O5S2/c1-4-6-14-27(15-7-5-2)34(29,30)20-12-13-21-22(16-20)33-24(25-21)26-23(28)17-32-19-10-8-18(31-3)9-11-19/h8-13,16H,4-7,14-15,17H2,1-3H3,(H,25,26,28). The lowest BCUT2D eigenvalue weighted by Gasteiger charge is -2.21. The molecule has 1 heterocycles. The summed E-state index contributed by atoms with van der Waals surface area (Å²) in [6.07, 6.45) is 3.50. The van der Waals surface area contributed by atoms with Crippen LogP contribution >= 0.6 is 11.3 Å². The van der Waals surface area contributed by atoms with E-state index in [1.165, 1.54) is 11.3 Å². The second-order valence-corrected chi connectivity index (χ2v) is 10.7. The highest BCUT2D eigenvalue weighted by atomic mass is 32.2. The fourth-order valence-corrected chi connectivity index (χ4v) is 5.80.